The van der Waals surface area contributed by atoms with Crippen molar-refractivity contribution in [2.24, 2.45) is 5.41 Å². The van der Waals surface area contributed by atoms with E-state index in [2.05, 4.69) is 10.6 Å². The number of thiophene rings is 1. The lowest BCUT2D eigenvalue weighted by Gasteiger charge is -2.21. The molecule has 152 valence electrons. The number of nitrogens with one attached hydrogen (secondary N) is 2. The lowest BCUT2D eigenvalue weighted by atomic mass is 9.92. The molecule has 0 spiro atoms. The molecule has 1 aromatic carbocycles. The largest absolute Gasteiger partial charge is 0.351 e. The number of fused-ring (bicyclic) bond motifs is 2. The second-order valence-corrected chi connectivity index (χ2v) is 9.89. The molecule has 0 saturated carbocycles. The third-order valence-electron chi connectivity index (χ3n) is 5.23. The van der Waals surface area contributed by atoms with Gasteiger partial charge in [-0.15, -0.1) is 11.3 Å². The minimum absolute atomic E-state index is 0.0478. The summed E-state index contributed by atoms with van der Waals surface area (Å²) in [6, 6.07) is 8.75. The third kappa shape index (κ3) is 4.05. The summed E-state index contributed by atoms with van der Waals surface area (Å²) in [5.41, 5.74) is 1.88. The average molecular weight is 412 g/mol. The SMILES string of the molecule is CC(C)(C)CC(=O)N[C@@H]1C[C@@H]2C(=O)Nc3ccc(-c4cccs4)cc3C(=O)N2C1. The smallest absolute Gasteiger partial charge is 0.256 e. The van der Waals surface area contributed by atoms with Crippen LogP contribution in [0.1, 0.15) is 44.0 Å². The number of carbonyl (C=O) groups is 3. The van der Waals surface area contributed by atoms with E-state index in [0.717, 1.165) is 10.4 Å². The predicted molar refractivity (Wildman–Crippen MR) is 114 cm³/mol. The second kappa shape index (κ2) is 7.30. The van der Waals surface area contributed by atoms with Crippen molar-refractivity contribution < 1.29 is 14.4 Å². The molecule has 2 N–H and O–H groups in total. The topological polar surface area (TPSA) is 78.5 Å². The van der Waals surface area contributed by atoms with Gasteiger partial charge < -0.3 is 15.5 Å². The van der Waals surface area contributed by atoms with Crippen molar-refractivity contribution in [1.82, 2.24) is 10.2 Å². The minimum Gasteiger partial charge on any atom is -0.351 e. The molecule has 7 heteroatoms. The Bertz CT molecular complexity index is 962. The summed E-state index contributed by atoms with van der Waals surface area (Å²) < 4.78 is 0. The highest BCUT2D eigenvalue weighted by molar-refractivity contribution is 7.13. The normalized spacial score (nSPS) is 21.3. The molecule has 0 aliphatic carbocycles. The molecule has 6 nitrogen and oxygen atoms in total. The molecule has 3 heterocycles. The van der Waals surface area contributed by atoms with Crippen molar-refractivity contribution in [1.29, 1.82) is 0 Å². The first kappa shape index (κ1) is 19.6. The van der Waals surface area contributed by atoms with E-state index >= 15 is 0 Å². The van der Waals surface area contributed by atoms with Crippen LogP contribution in [0.3, 0.4) is 0 Å². The van der Waals surface area contributed by atoms with Crippen molar-refractivity contribution in [3.8, 4) is 10.4 Å². The second-order valence-electron chi connectivity index (χ2n) is 8.94. The first-order chi connectivity index (χ1) is 13.7. The molecule has 4 rings (SSSR count). The maximum Gasteiger partial charge on any atom is 0.256 e. The van der Waals surface area contributed by atoms with Gasteiger partial charge in [-0.25, -0.2) is 0 Å². The van der Waals surface area contributed by atoms with Crippen LogP contribution < -0.4 is 10.6 Å². The van der Waals surface area contributed by atoms with Gasteiger partial charge in [-0.1, -0.05) is 32.9 Å². The van der Waals surface area contributed by atoms with E-state index in [1.165, 1.54) is 0 Å². The molecule has 29 heavy (non-hydrogen) atoms. The van der Waals surface area contributed by atoms with Gasteiger partial charge in [0.2, 0.25) is 11.8 Å². The Morgan fingerprint density at radius 2 is 2.07 bits per heavy atom. The fourth-order valence-electron chi connectivity index (χ4n) is 3.97. The maximum absolute atomic E-state index is 13.3. The van der Waals surface area contributed by atoms with Gasteiger partial charge in [0.25, 0.3) is 5.91 Å². The Morgan fingerprint density at radius 1 is 1.28 bits per heavy atom. The van der Waals surface area contributed by atoms with Gasteiger partial charge in [0.15, 0.2) is 0 Å². The molecule has 0 radical (unpaired) electrons. The molecular formula is C22H25N3O3S. The molecule has 2 aliphatic rings. The van der Waals surface area contributed by atoms with Crippen molar-refractivity contribution in [3.63, 3.8) is 0 Å². The molecule has 2 aliphatic heterocycles. The summed E-state index contributed by atoms with van der Waals surface area (Å²) >= 11 is 1.60. The molecule has 0 unspecified atom stereocenters. The van der Waals surface area contributed by atoms with E-state index in [1.54, 1.807) is 22.3 Å². The van der Waals surface area contributed by atoms with Crippen molar-refractivity contribution >= 4 is 34.7 Å². The van der Waals surface area contributed by atoms with E-state index in [1.807, 2.05) is 50.4 Å². The zero-order valence-corrected chi connectivity index (χ0v) is 17.6. The van der Waals surface area contributed by atoms with Gasteiger partial charge >= 0.3 is 0 Å². The summed E-state index contributed by atoms with van der Waals surface area (Å²) in [6.07, 6.45) is 0.834. The first-order valence-corrected chi connectivity index (χ1v) is 10.7. The van der Waals surface area contributed by atoms with Crippen LogP contribution in [0.5, 0.6) is 0 Å². The molecule has 1 aromatic heterocycles. The summed E-state index contributed by atoms with van der Waals surface area (Å²) in [7, 11) is 0. The summed E-state index contributed by atoms with van der Waals surface area (Å²) in [6.45, 7) is 6.37. The zero-order valence-electron chi connectivity index (χ0n) is 16.8. The fraction of sp³-hybridized carbons (Fsp3) is 0.409. The Hall–Kier alpha value is -2.67. The van der Waals surface area contributed by atoms with Gasteiger partial charge in [-0.3, -0.25) is 14.4 Å². The van der Waals surface area contributed by atoms with E-state index in [4.69, 9.17) is 0 Å². The standard InChI is InChI=1S/C22H25N3O3S/c1-22(2,3)11-19(26)23-14-10-17-20(27)24-16-7-6-13(18-5-4-8-29-18)9-15(16)21(28)25(17)12-14/h4-9,14,17H,10-12H2,1-3H3,(H,23,26)(H,24,27)/t14-,17-/m1/s1. The van der Waals surface area contributed by atoms with Crippen LogP contribution >= 0.6 is 11.3 Å². The highest BCUT2D eigenvalue weighted by atomic mass is 32.1. The monoisotopic (exact) mass is 411 g/mol. The number of hydrogen-bond donors (Lipinski definition) is 2. The van der Waals surface area contributed by atoms with Crippen LogP contribution in [-0.4, -0.2) is 41.2 Å². The Labute approximate surface area is 174 Å². The average Bonchev–Trinajstić information content (AvgIpc) is 3.28. The minimum atomic E-state index is -0.569. The predicted octanol–water partition coefficient (Wildman–Crippen LogP) is 3.50. The molecule has 0 bridgehead atoms. The number of hydrogen-bond acceptors (Lipinski definition) is 4. The van der Waals surface area contributed by atoms with Crippen molar-refractivity contribution in [2.75, 3.05) is 11.9 Å². The quantitative estimate of drug-likeness (QED) is 0.811. The maximum atomic E-state index is 13.3. The number of anilines is 1. The molecule has 1 fully saturated rings. The number of nitrogens with zero attached hydrogens (tertiary/aromatic N) is 1. The number of carbonyl (C=O) groups excluding carboxylic acids is 3. The molecular weight excluding hydrogens is 386 g/mol. The highest BCUT2D eigenvalue weighted by Gasteiger charge is 2.43. The van der Waals surface area contributed by atoms with Crippen LogP contribution in [0.2, 0.25) is 0 Å². The fourth-order valence-corrected chi connectivity index (χ4v) is 4.69. The van der Waals surface area contributed by atoms with E-state index in [0.29, 0.717) is 30.6 Å². The lowest BCUT2D eigenvalue weighted by molar-refractivity contribution is -0.123. The number of benzene rings is 1. The van der Waals surface area contributed by atoms with Crippen LogP contribution in [0.15, 0.2) is 35.7 Å². The van der Waals surface area contributed by atoms with Gasteiger partial charge in [0, 0.05) is 23.9 Å². The van der Waals surface area contributed by atoms with Crippen LogP contribution in [0.4, 0.5) is 5.69 Å². The number of rotatable bonds is 3. The molecule has 2 aromatic rings. The van der Waals surface area contributed by atoms with Crippen molar-refractivity contribution in [3.05, 3.63) is 41.3 Å². The Balaban J connectivity index is 1.56. The van der Waals surface area contributed by atoms with Gasteiger partial charge in [-0.05, 0) is 41.0 Å². The molecule has 3 amide bonds. The van der Waals surface area contributed by atoms with E-state index in [9.17, 15) is 14.4 Å². The Morgan fingerprint density at radius 3 is 2.76 bits per heavy atom. The number of amides is 3. The molecule has 2 atom stereocenters. The van der Waals surface area contributed by atoms with Crippen LogP contribution in [-0.2, 0) is 9.59 Å². The van der Waals surface area contributed by atoms with Crippen LogP contribution in [0, 0.1) is 5.41 Å². The Kier molecular flexibility index (Phi) is 4.94. The van der Waals surface area contributed by atoms with Crippen LogP contribution in [0.25, 0.3) is 10.4 Å². The third-order valence-corrected chi connectivity index (χ3v) is 6.15. The molecule has 1 saturated heterocycles. The van der Waals surface area contributed by atoms with E-state index in [-0.39, 0.29) is 29.2 Å². The highest BCUT2D eigenvalue weighted by Crippen LogP contribution is 2.33. The van der Waals surface area contributed by atoms with Gasteiger partial charge in [0.05, 0.1) is 11.3 Å². The summed E-state index contributed by atoms with van der Waals surface area (Å²) in [5, 5.41) is 7.89. The van der Waals surface area contributed by atoms with Gasteiger partial charge in [-0.2, -0.15) is 0 Å². The summed E-state index contributed by atoms with van der Waals surface area (Å²) in [5.74, 6) is -0.420. The van der Waals surface area contributed by atoms with E-state index < -0.39 is 6.04 Å². The summed E-state index contributed by atoms with van der Waals surface area (Å²) in [4.78, 5) is 41.0. The van der Waals surface area contributed by atoms with Gasteiger partial charge in [0.1, 0.15) is 6.04 Å². The van der Waals surface area contributed by atoms with Crippen molar-refractivity contribution in [2.45, 2.75) is 45.7 Å². The lowest BCUT2D eigenvalue weighted by Crippen LogP contribution is -2.41. The first-order valence-electron chi connectivity index (χ1n) is 9.80. The zero-order chi connectivity index (χ0) is 20.8.